The fourth-order valence-corrected chi connectivity index (χ4v) is 3.42. The maximum Gasteiger partial charge on any atom is 0.0253 e. The van der Waals surface area contributed by atoms with E-state index in [-0.39, 0.29) is 5.41 Å². The Hall–Kier alpha value is -0.860. The summed E-state index contributed by atoms with van der Waals surface area (Å²) in [5.74, 6) is 0. The Morgan fingerprint density at radius 1 is 1.06 bits per heavy atom. The van der Waals surface area contributed by atoms with Crippen LogP contribution in [0, 0.1) is 0 Å². The van der Waals surface area contributed by atoms with Gasteiger partial charge in [-0.3, -0.25) is 0 Å². The summed E-state index contributed by atoms with van der Waals surface area (Å²) in [4.78, 5) is 0. The first-order valence-electron chi connectivity index (χ1n) is 6.15. The Morgan fingerprint density at radius 2 is 1.76 bits per heavy atom. The molecule has 2 N–H and O–H groups in total. The lowest BCUT2D eigenvalue weighted by atomic mass is 9.63. The van der Waals surface area contributed by atoms with Crippen LogP contribution in [0.15, 0.2) is 40.9 Å². The SMILES string of the molecule is NCC1(c2cccc3c(Br)cccc23)CCC1. The van der Waals surface area contributed by atoms with Crippen molar-refractivity contribution in [3.05, 3.63) is 46.4 Å². The van der Waals surface area contributed by atoms with Crippen molar-refractivity contribution in [2.75, 3.05) is 6.54 Å². The van der Waals surface area contributed by atoms with Crippen molar-refractivity contribution in [2.45, 2.75) is 24.7 Å². The number of hydrogen-bond donors (Lipinski definition) is 1. The van der Waals surface area contributed by atoms with Gasteiger partial charge in [0.05, 0.1) is 0 Å². The number of rotatable bonds is 2. The fourth-order valence-electron chi connectivity index (χ4n) is 2.92. The summed E-state index contributed by atoms with van der Waals surface area (Å²) in [7, 11) is 0. The predicted molar refractivity (Wildman–Crippen MR) is 76.2 cm³/mol. The van der Waals surface area contributed by atoms with Crippen LogP contribution in [0.2, 0.25) is 0 Å². The molecule has 1 aliphatic rings. The van der Waals surface area contributed by atoms with Gasteiger partial charge >= 0.3 is 0 Å². The monoisotopic (exact) mass is 289 g/mol. The molecule has 1 aliphatic carbocycles. The molecule has 88 valence electrons. The van der Waals surface area contributed by atoms with E-state index in [4.69, 9.17) is 5.73 Å². The average Bonchev–Trinajstić information content (AvgIpc) is 2.30. The van der Waals surface area contributed by atoms with Gasteiger partial charge in [-0.05, 0) is 35.2 Å². The Labute approximate surface area is 110 Å². The van der Waals surface area contributed by atoms with Gasteiger partial charge < -0.3 is 5.73 Å². The van der Waals surface area contributed by atoms with Crippen LogP contribution >= 0.6 is 15.9 Å². The minimum atomic E-state index is 0.236. The van der Waals surface area contributed by atoms with Gasteiger partial charge in [-0.1, -0.05) is 52.7 Å². The Bertz CT molecular complexity index is 552. The highest BCUT2D eigenvalue weighted by Crippen LogP contribution is 2.45. The largest absolute Gasteiger partial charge is 0.330 e. The second kappa shape index (κ2) is 4.11. The molecule has 0 unspecified atom stereocenters. The number of benzene rings is 2. The highest BCUT2D eigenvalue weighted by Gasteiger charge is 2.38. The molecule has 0 aliphatic heterocycles. The third-order valence-corrected chi connectivity index (χ3v) is 4.83. The second-order valence-corrected chi connectivity index (χ2v) is 5.83. The topological polar surface area (TPSA) is 26.0 Å². The van der Waals surface area contributed by atoms with Gasteiger partial charge in [0.1, 0.15) is 0 Å². The van der Waals surface area contributed by atoms with E-state index in [9.17, 15) is 0 Å². The fraction of sp³-hybridized carbons (Fsp3) is 0.333. The van der Waals surface area contributed by atoms with E-state index in [0.29, 0.717) is 0 Å². The minimum absolute atomic E-state index is 0.236. The summed E-state index contributed by atoms with van der Waals surface area (Å²) in [5, 5.41) is 2.65. The first-order chi connectivity index (χ1) is 8.27. The highest BCUT2D eigenvalue weighted by molar-refractivity contribution is 9.10. The molecule has 2 heteroatoms. The first-order valence-corrected chi connectivity index (χ1v) is 6.94. The van der Waals surface area contributed by atoms with Gasteiger partial charge in [0.2, 0.25) is 0 Å². The standard InChI is InChI=1S/C15H16BrN/c16-14-7-2-4-11-12(14)5-1-6-13(11)15(10-17)8-3-9-15/h1-2,4-7H,3,8-10,17H2. The van der Waals surface area contributed by atoms with Crippen LogP contribution in [-0.2, 0) is 5.41 Å². The third-order valence-electron chi connectivity index (χ3n) is 4.14. The molecular weight excluding hydrogens is 274 g/mol. The van der Waals surface area contributed by atoms with Gasteiger partial charge in [-0.2, -0.15) is 0 Å². The van der Waals surface area contributed by atoms with Crippen molar-refractivity contribution in [2.24, 2.45) is 5.73 Å². The van der Waals surface area contributed by atoms with Crippen LogP contribution in [0.25, 0.3) is 10.8 Å². The van der Waals surface area contributed by atoms with Crippen molar-refractivity contribution in [3.63, 3.8) is 0 Å². The maximum atomic E-state index is 6.02. The molecule has 2 aromatic rings. The van der Waals surface area contributed by atoms with Gasteiger partial charge in [0.25, 0.3) is 0 Å². The lowest BCUT2D eigenvalue weighted by Gasteiger charge is -2.42. The van der Waals surface area contributed by atoms with E-state index in [2.05, 4.69) is 52.3 Å². The summed E-state index contributed by atoms with van der Waals surface area (Å²) in [6.45, 7) is 0.763. The predicted octanol–water partition coefficient (Wildman–Crippen LogP) is 3.98. The van der Waals surface area contributed by atoms with E-state index in [1.165, 1.54) is 40.1 Å². The molecule has 17 heavy (non-hydrogen) atoms. The molecular formula is C15H16BrN. The van der Waals surface area contributed by atoms with E-state index in [1.54, 1.807) is 0 Å². The van der Waals surface area contributed by atoms with Gasteiger partial charge in [-0.15, -0.1) is 0 Å². The Balaban J connectivity index is 2.26. The first kappa shape index (κ1) is 11.2. The zero-order valence-corrected chi connectivity index (χ0v) is 11.3. The summed E-state index contributed by atoms with van der Waals surface area (Å²) in [6, 6.07) is 13.0. The van der Waals surface area contributed by atoms with Crippen LogP contribution in [0.3, 0.4) is 0 Å². The van der Waals surface area contributed by atoms with Gasteiger partial charge in [-0.25, -0.2) is 0 Å². The second-order valence-electron chi connectivity index (χ2n) is 4.98. The van der Waals surface area contributed by atoms with Crippen LogP contribution in [0.4, 0.5) is 0 Å². The van der Waals surface area contributed by atoms with Crippen LogP contribution in [-0.4, -0.2) is 6.54 Å². The van der Waals surface area contributed by atoms with Crippen LogP contribution in [0.1, 0.15) is 24.8 Å². The quantitative estimate of drug-likeness (QED) is 0.889. The maximum absolute atomic E-state index is 6.02. The van der Waals surface area contributed by atoms with E-state index in [1.807, 2.05) is 0 Å². The Kier molecular flexibility index (Phi) is 2.72. The third kappa shape index (κ3) is 1.62. The summed E-state index contributed by atoms with van der Waals surface area (Å²) in [6.07, 6.45) is 3.77. The summed E-state index contributed by atoms with van der Waals surface area (Å²) >= 11 is 3.63. The molecule has 1 nitrogen and oxygen atoms in total. The highest BCUT2D eigenvalue weighted by atomic mass is 79.9. The van der Waals surface area contributed by atoms with Gasteiger partial charge in [0, 0.05) is 16.4 Å². The van der Waals surface area contributed by atoms with Crippen molar-refractivity contribution >= 4 is 26.7 Å². The lowest BCUT2D eigenvalue weighted by Crippen LogP contribution is -2.41. The molecule has 0 spiro atoms. The van der Waals surface area contributed by atoms with Crippen molar-refractivity contribution in [1.82, 2.24) is 0 Å². The Morgan fingerprint density at radius 3 is 2.41 bits per heavy atom. The van der Waals surface area contributed by atoms with Crippen LogP contribution in [0.5, 0.6) is 0 Å². The molecule has 1 saturated carbocycles. The molecule has 3 rings (SSSR count). The average molecular weight is 290 g/mol. The van der Waals surface area contributed by atoms with E-state index in [0.717, 1.165) is 6.54 Å². The number of halogens is 1. The smallest absolute Gasteiger partial charge is 0.0253 e. The van der Waals surface area contributed by atoms with E-state index >= 15 is 0 Å². The molecule has 0 radical (unpaired) electrons. The van der Waals surface area contributed by atoms with Crippen molar-refractivity contribution in [3.8, 4) is 0 Å². The lowest BCUT2D eigenvalue weighted by molar-refractivity contribution is 0.255. The zero-order chi connectivity index (χ0) is 11.9. The number of hydrogen-bond acceptors (Lipinski definition) is 1. The minimum Gasteiger partial charge on any atom is -0.330 e. The van der Waals surface area contributed by atoms with Crippen molar-refractivity contribution in [1.29, 1.82) is 0 Å². The van der Waals surface area contributed by atoms with Gasteiger partial charge in [0.15, 0.2) is 0 Å². The number of nitrogens with two attached hydrogens (primary N) is 1. The molecule has 0 atom stereocenters. The van der Waals surface area contributed by atoms with Crippen LogP contribution < -0.4 is 5.73 Å². The molecule has 0 bridgehead atoms. The zero-order valence-electron chi connectivity index (χ0n) is 9.75. The van der Waals surface area contributed by atoms with Crippen molar-refractivity contribution < 1.29 is 0 Å². The van der Waals surface area contributed by atoms with E-state index < -0.39 is 0 Å². The molecule has 2 aromatic carbocycles. The summed E-state index contributed by atoms with van der Waals surface area (Å²) in [5.41, 5.74) is 7.69. The molecule has 0 saturated heterocycles. The number of fused-ring (bicyclic) bond motifs is 1. The molecule has 0 heterocycles. The normalized spacial score (nSPS) is 18.0. The molecule has 0 amide bonds. The molecule has 1 fully saturated rings. The molecule has 0 aromatic heterocycles. The summed E-state index contributed by atoms with van der Waals surface area (Å²) < 4.78 is 1.17.